The summed E-state index contributed by atoms with van der Waals surface area (Å²) >= 11 is 1.17. The van der Waals surface area contributed by atoms with Crippen LogP contribution >= 0.6 is 11.3 Å². The van der Waals surface area contributed by atoms with Crippen LogP contribution in [0.1, 0.15) is 27.6 Å². The first-order valence-corrected chi connectivity index (χ1v) is 7.02. The number of esters is 1. The SMILES string of the molecule is CCOC(=O)c1ccsc1NC(=O)c1cc(F)ccc1N. The van der Waals surface area contributed by atoms with Crippen LogP contribution in [0.2, 0.25) is 0 Å². The van der Waals surface area contributed by atoms with E-state index < -0.39 is 17.7 Å². The standard InChI is InChI=1S/C14H13FN2O3S/c1-2-20-14(19)9-5-6-21-13(9)17-12(18)10-7-8(15)3-4-11(10)16/h3-7H,2,16H2,1H3,(H,17,18). The summed E-state index contributed by atoms with van der Waals surface area (Å²) in [6, 6.07) is 5.07. The van der Waals surface area contributed by atoms with Gasteiger partial charge in [-0.2, -0.15) is 0 Å². The van der Waals surface area contributed by atoms with Crippen LogP contribution in [0, 0.1) is 5.82 Å². The highest BCUT2D eigenvalue weighted by molar-refractivity contribution is 7.14. The van der Waals surface area contributed by atoms with Crippen LogP contribution in [-0.2, 0) is 4.74 Å². The monoisotopic (exact) mass is 308 g/mol. The van der Waals surface area contributed by atoms with E-state index in [1.165, 1.54) is 23.5 Å². The molecule has 2 rings (SSSR count). The highest BCUT2D eigenvalue weighted by atomic mass is 32.1. The summed E-state index contributed by atoms with van der Waals surface area (Å²) in [5.74, 6) is -1.67. The van der Waals surface area contributed by atoms with Gasteiger partial charge >= 0.3 is 5.97 Å². The fourth-order valence-corrected chi connectivity index (χ4v) is 2.44. The number of thiophene rings is 1. The minimum Gasteiger partial charge on any atom is -0.462 e. The fourth-order valence-electron chi connectivity index (χ4n) is 1.67. The molecule has 0 aliphatic heterocycles. The van der Waals surface area contributed by atoms with Gasteiger partial charge in [0.25, 0.3) is 5.91 Å². The minimum absolute atomic E-state index is 0.0122. The van der Waals surface area contributed by atoms with Crippen LogP contribution in [0.25, 0.3) is 0 Å². The van der Waals surface area contributed by atoms with Crippen molar-refractivity contribution in [3.63, 3.8) is 0 Å². The first kappa shape index (κ1) is 15.0. The van der Waals surface area contributed by atoms with E-state index in [4.69, 9.17) is 10.5 Å². The number of carbonyl (C=O) groups is 2. The van der Waals surface area contributed by atoms with Crippen molar-refractivity contribution in [2.75, 3.05) is 17.7 Å². The maximum atomic E-state index is 13.2. The molecule has 0 aliphatic carbocycles. The summed E-state index contributed by atoms with van der Waals surface area (Å²) in [7, 11) is 0. The molecule has 2 aromatic rings. The van der Waals surface area contributed by atoms with Crippen molar-refractivity contribution in [2.24, 2.45) is 0 Å². The van der Waals surface area contributed by atoms with E-state index in [0.29, 0.717) is 5.00 Å². The van der Waals surface area contributed by atoms with E-state index in [0.717, 1.165) is 6.07 Å². The zero-order valence-corrected chi connectivity index (χ0v) is 12.0. The summed E-state index contributed by atoms with van der Waals surface area (Å²) in [5.41, 5.74) is 6.07. The molecule has 0 spiro atoms. The zero-order valence-electron chi connectivity index (χ0n) is 11.2. The Labute approximate surface area is 124 Å². The molecule has 0 atom stereocenters. The van der Waals surface area contributed by atoms with Crippen LogP contribution in [0.3, 0.4) is 0 Å². The number of nitrogens with one attached hydrogen (secondary N) is 1. The molecular formula is C14H13FN2O3S. The first-order chi connectivity index (χ1) is 10.0. The van der Waals surface area contributed by atoms with Gasteiger partial charge < -0.3 is 15.8 Å². The maximum Gasteiger partial charge on any atom is 0.341 e. The molecule has 0 bridgehead atoms. The number of hydrogen-bond donors (Lipinski definition) is 2. The predicted molar refractivity (Wildman–Crippen MR) is 79.0 cm³/mol. The average Bonchev–Trinajstić information content (AvgIpc) is 2.90. The summed E-state index contributed by atoms with van der Waals surface area (Å²) in [6.07, 6.45) is 0. The Kier molecular flexibility index (Phi) is 4.54. The minimum atomic E-state index is -0.583. The highest BCUT2D eigenvalue weighted by Gasteiger charge is 2.18. The number of benzene rings is 1. The number of anilines is 2. The van der Waals surface area contributed by atoms with Crippen molar-refractivity contribution in [1.29, 1.82) is 0 Å². The molecule has 0 unspecified atom stereocenters. The number of carbonyl (C=O) groups excluding carboxylic acids is 2. The molecule has 3 N–H and O–H groups in total. The second kappa shape index (κ2) is 6.36. The molecular weight excluding hydrogens is 295 g/mol. The van der Waals surface area contributed by atoms with Gasteiger partial charge in [0.1, 0.15) is 10.8 Å². The summed E-state index contributed by atoms with van der Waals surface area (Å²) in [6.45, 7) is 1.93. The first-order valence-electron chi connectivity index (χ1n) is 6.14. The average molecular weight is 308 g/mol. The lowest BCUT2D eigenvalue weighted by Gasteiger charge is -2.08. The fraction of sp³-hybridized carbons (Fsp3) is 0.143. The molecule has 0 saturated heterocycles. The molecule has 1 aromatic heterocycles. The molecule has 1 heterocycles. The largest absolute Gasteiger partial charge is 0.462 e. The van der Waals surface area contributed by atoms with Crippen molar-refractivity contribution in [3.05, 3.63) is 46.6 Å². The molecule has 110 valence electrons. The number of hydrogen-bond acceptors (Lipinski definition) is 5. The van der Waals surface area contributed by atoms with E-state index in [-0.39, 0.29) is 23.4 Å². The smallest absolute Gasteiger partial charge is 0.341 e. The number of ether oxygens (including phenoxy) is 1. The van der Waals surface area contributed by atoms with Crippen molar-refractivity contribution < 1.29 is 18.7 Å². The van der Waals surface area contributed by atoms with Gasteiger partial charge in [0.2, 0.25) is 0 Å². The second-order valence-electron chi connectivity index (χ2n) is 4.07. The molecule has 0 saturated carbocycles. The van der Waals surface area contributed by atoms with Gasteiger partial charge in [-0.05, 0) is 36.6 Å². The van der Waals surface area contributed by atoms with Crippen LogP contribution in [-0.4, -0.2) is 18.5 Å². The Morgan fingerprint density at radius 1 is 1.33 bits per heavy atom. The normalized spacial score (nSPS) is 10.2. The predicted octanol–water partition coefficient (Wildman–Crippen LogP) is 2.90. The van der Waals surface area contributed by atoms with Crippen LogP contribution in [0.4, 0.5) is 15.1 Å². The van der Waals surface area contributed by atoms with Gasteiger partial charge in [-0.25, -0.2) is 9.18 Å². The lowest BCUT2D eigenvalue weighted by atomic mass is 10.1. The topological polar surface area (TPSA) is 81.4 Å². The van der Waals surface area contributed by atoms with Gasteiger partial charge in [0.15, 0.2) is 0 Å². The molecule has 0 aliphatic rings. The van der Waals surface area contributed by atoms with Gasteiger partial charge in [-0.3, -0.25) is 4.79 Å². The summed E-state index contributed by atoms with van der Waals surface area (Å²) < 4.78 is 18.1. The van der Waals surface area contributed by atoms with Crippen molar-refractivity contribution >= 4 is 33.9 Å². The Bertz CT molecular complexity index is 685. The van der Waals surface area contributed by atoms with Crippen LogP contribution in [0.5, 0.6) is 0 Å². The molecule has 1 aromatic carbocycles. The Balaban J connectivity index is 2.22. The van der Waals surface area contributed by atoms with Gasteiger partial charge in [-0.1, -0.05) is 0 Å². The van der Waals surface area contributed by atoms with Crippen molar-refractivity contribution in [2.45, 2.75) is 6.92 Å². The number of nitrogens with two attached hydrogens (primary N) is 1. The Hall–Kier alpha value is -2.41. The molecule has 0 radical (unpaired) electrons. The summed E-state index contributed by atoms with van der Waals surface area (Å²) in [4.78, 5) is 23.8. The van der Waals surface area contributed by atoms with Crippen LogP contribution < -0.4 is 11.1 Å². The maximum absolute atomic E-state index is 13.2. The third-order valence-corrected chi connectivity index (χ3v) is 3.48. The number of nitrogen functional groups attached to an aromatic ring is 1. The van der Waals surface area contributed by atoms with E-state index >= 15 is 0 Å². The van der Waals surface area contributed by atoms with Gasteiger partial charge in [-0.15, -0.1) is 11.3 Å². The third kappa shape index (κ3) is 3.38. The summed E-state index contributed by atoms with van der Waals surface area (Å²) in [5, 5.41) is 4.53. The number of halogens is 1. The Morgan fingerprint density at radius 3 is 2.81 bits per heavy atom. The molecule has 7 heteroatoms. The third-order valence-electron chi connectivity index (χ3n) is 2.65. The van der Waals surface area contributed by atoms with Gasteiger partial charge in [0.05, 0.1) is 17.7 Å². The molecule has 0 fully saturated rings. The van der Waals surface area contributed by atoms with E-state index in [9.17, 15) is 14.0 Å². The van der Waals surface area contributed by atoms with Crippen molar-refractivity contribution in [1.82, 2.24) is 0 Å². The van der Waals surface area contributed by atoms with E-state index in [1.807, 2.05) is 0 Å². The molecule has 21 heavy (non-hydrogen) atoms. The van der Waals surface area contributed by atoms with Crippen molar-refractivity contribution in [3.8, 4) is 0 Å². The Morgan fingerprint density at radius 2 is 2.10 bits per heavy atom. The number of amides is 1. The van der Waals surface area contributed by atoms with E-state index in [2.05, 4.69) is 5.32 Å². The zero-order chi connectivity index (χ0) is 15.4. The van der Waals surface area contributed by atoms with Gasteiger partial charge in [0, 0.05) is 5.69 Å². The van der Waals surface area contributed by atoms with E-state index in [1.54, 1.807) is 18.4 Å². The van der Waals surface area contributed by atoms with Crippen LogP contribution in [0.15, 0.2) is 29.6 Å². The quantitative estimate of drug-likeness (QED) is 0.672. The molecule has 1 amide bonds. The lowest BCUT2D eigenvalue weighted by molar-refractivity contribution is 0.0528. The number of rotatable bonds is 4. The lowest BCUT2D eigenvalue weighted by Crippen LogP contribution is -2.16. The molecule has 5 nitrogen and oxygen atoms in total. The second-order valence-corrected chi connectivity index (χ2v) is 4.99. The highest BCUT2D eigenvalue weighted by Crippen LogP contribution is 2.25.